The van der Waals surface area contributed by atoms with Gasteiger partial charge in [0.2, 0.25) is 5.91 Å². The summed E-state index contributed by atoms with van der Waals surface area (Å²) in [6.45, 7) is 6.87. The summed E-state index contributed by atoms with van der Waals surface area (Å²) >= 11 is 6.63. The molecule has 2 aromatic heterocycles. The maximum atomic E-state index is 12.6. The lowest BCUT2D eigenvalue weighted by Crippen LogP contribution is -2.41. The summed E-state index contributed by atoms with van der Waals surface area (Å²) in [6, 6.07) is 7.89. The first-order valence-corrected chi connectivity index (χ1v) is 11.8. The molecule has 0 unspecified atom stereocenters. The van der Waals surface area contributed by atoms with Gasteiger partial charge < -0.3 is 9.64 Å². The van der Waals surface area contributed by atoms with Crippen molar-refractivity contribution in [2.45, 2.75) is 26.8 Å². The van der Waals surface area contributed by atoms with Crippen molar-refractivity contribution in [1.29, 1.82) is 0 Å². The molecule has 0 radical (unpaired) electrons. The molecule has 174 valence electrons. The first-order chi connectivity index (χ1) is 15.9. The second kappa shape index (κ2) is 10.2. The predicted molar refractivity (Wildman–Crippen MR) is 128 cm³/mol. The third-order valence-electron chi connectivity index (χ3n) is 5.19. The number of rotatable bonds is 6. The number of H-pyrrole nitrogens is 1. The number of hydrazine groups is 1. The maximum Gasteiger partial charge on any atom is 0.281 e. The van der Waals surface area contributed by atoms with Crippen LogP contribution in [0, 0.1) is 18.6 Å². The number of aromatic amines is 1. The van der Waals surface area contributed by atoms with E-state index in [0.29, 0.717) is 40.9 Å². The fourth-order valence-corrected chi connectivity index (χ4v) is 4.71. The van der Waals surface area contributed by atoms with E-state index in [-0.39, 0.29) is 12.3 Å². The summed E-state index contributed by atoms with van der Waals surface area (Å²) in [7, 11) is 0. The number of hydrogen-bond donors (Lipinski definition) is 3. The van der Waals surface area contributed by atoms with Gasteiger partial charge in [0.25, 0.3) is 5.91 Å². The molecular formula is C21H25N7O3S2. The Labute approximate surface area is 200 Å². The lowest BCUT2D eigenvalue weighted by Gasteiger charge is -2.25. The first kappa shape index (κ1) is 23.1. The number of amides is 2. The quantitative estimate of drug-likeness (QED) is 0.361. The number of carbonyl (C=O) groups is 2. The van der Waals surface area contributed by atoms with Crippen LogP contribution in [0.1, 0.15) is 27.3 Å². The molecule has 3 N–H and O–H groups in total. The molecule has 0 bridgehead atoms. The van der Waals surface area contributed by atoms with Gasteiger partial charge in [-0.05, 0) is 32.1 Å². The highest BCUT2D eigenvalue weighted by molar-refractivity contribution is 7.71. The van der Waals surface area contributed by atoms with Gasteiger partial charge in [-0.15, -0.1) is 0 Å². The Morgan fingerprint density at radius 1 is 1.24 bits per heavy atom. The molecule has 0 spiro atoms. The smallest absolute Gasteiger partial charge is 0.281 e. The lowest BCUT2D eigenvalue weighted by atomic mass is 10.1. The number of carbonyl (C=O) groups excluding carboxylic acids is 2. The summed E-state index contributed by atoms with van der Waals surface area (Å²) in [4.78, 5) is 32.0. The molecule has 0 saturated carbocycles. The number of anilines is 1. The van der Waals surface area contributed by atoms with Gasteiger partial charge in [-0.3, -0.25) is 30.1 Å². The lowest BCUT2D eigenvalue weighted by molar-refractivity contribution is -0.122. The molecule has 0 atom stereocenters. The van der Waals surface area contributed by atoms with Crippen LogP contribution in [-0.4, -0.2) is 57.9 Å². The highest BCUT2D eigenvalue weighted by atomic mass is 32.1. The van der Waals surface area contributed by atoms with Crippen LogP contribution in [0.5, 0.6) is 0 Å². The third kappa shape index (κ3) is 5.46. The molecule has 12 heteroatoms. The molecule has 10 nitrogen and oxygen atoms in total. The van der Waals surface area contributed by atoms with Gasteiger partial charge in [0, 0.05) is 31.6 Å². The SMILES string of the molecule is Cc1cccc(-c2n[nH]c(=S)n2CCC(=O)NNC(=O)c2sc(N3CCOCC3)nc2C)c1. The molecule has 1 aliphatic heterocycles. The highest BCUT2D eigenvalue weighted by Gasteiger charge is 2.21. The van der Waals surface area contributed by atoms with Gasteiger partial charge in [0.05, 0.1) is 18.9 Å². The van der Waals surface area contributed by atoms with E-state index in [9.17, 15) is 9.59 Å². The molecule has 0 aliphatic carbocycles. The van der Waals surface area contributed by atoms with E-state index in [1.54, 1.807) is 11.5 Å². The molecule has 1 aliphatic rings. The summed E-state index contributed by atoms with van der Waals surface area (Å²) in [6.07, 6.45) is 0.119. The van der Waals surface area contributed by atoms with Crippen molar-refractivity contribution in [3.8, 4) is 11.4 Å². The predicted octanol–water partition coefficient (Wildman–Crippen LogP) is 2.37. The van der Waals surface area contributed by atoms with Gasteiger partial charge >= 0.3 is 0 Å². The standard InChI is InChI=1S/C21H25N7O3S2/c1-13-4-3-5-15(12-13)18-24-26-20(32)28(18)7-6-16(29)23-25-19(30)17-14(2)22-21(33-17)27-8-10-31-11-9-27/h3-5,12H,6-11H2,1-2H3,(H,23,29)(H,25,30)(H,26,32). The largest absolute Gasteiger partial charge is 0.378 e. The molecule has 2 amide bonds. The van der Waals surface area contributed by atoms with Crippen molar-refractivity contribution >= 4 is 40.5 Å². The zero-order chi connectivity index (χ0) is 23.4. The minimum atomic E-state index is -0.391. The van der Waals surface area contributed by atoms with Crippen molar-refractivity contribution in [3.63, 3.8) is 0 Å². The van der Waals surface area contributed by atoms with E-state index in [1.165, 1.54) is 11.3 Å². The van der Waals surface area contributed by atoms with Gasteiger partial charge in [0.1, 0.15) is 4.88 Å². The van der Waals surface area contributed by atoms with E-state index in [4.69, 9.17) is 17.0 Å². The first-order valence-electron chi connectivity index (χ1n) is 10.5. The van der Waals surface area contributed by atoms with E-state index in [2.05, 4.69) is 30.9 Å². The van der Waals surface area contributed by atoms with Crippen LogP contribution in [0.2, 0.25) is 0 Å². The average molecular weight is 488 g/mol. The van der Waals surface area contributed by atoms with Crippen LogP contribution in [0.25, 0.3) is 11.4 Å². The number of ether oxygens (including phenoxy) is 1. The number of hydrogen-bond acceptors (Lipinski definition) is 8. The summed E-state index contributed by atoms with van der Waals surface area (Å²) in [5.41, 5.74) is 7.60. The van der Waals surface area contributed by atoms with Gasteiger partial charge in [-0.2, -0.15) is 5.10 Å². The molecule has 1 fully saturated rings. The van der Waals surface area contributed by atoms with E-state index >= 15 is 0 Å². The second-order valence-corrected chi connectivity index (χ2v) is 9.00. The maximum absolute atomic E-state index is 12.6. The van der Waals surface area contributed by atoms with E-state index < -0.39 is 5.91 Å². The number of nitrogens with zero attached hydrogens (tertiary/aromatic N) is 4. The molecule has 4 rings (SSSR count). The summed E-state index contributed by atoms with van der Waals surface area (Å²) < 4.78 is 7.56. The van der Waals surface area contributed by atoms with Crippen molar-refractivity contribution in [2.75, 3.05) is 31.2 Å². The van der Waals surface area contributed by atoms with Crippen LogP contribution < -0.4 is 15.8 Å². The fraction of sp³-hybridized carbons (Fsp3) is 0.381. The third-order valence-corrected chi connectivity index (χ3v) is 6.71. The average Bonchev–Trinajstić information content (AvgIpc) is 3.39. The minimum absolute atomic E-state index is 0.119. The number of aromatic nitrogens is 4. The monoisotopic (exact) mass is 487 g/mol. The zero-order valence-electron chi connectivity index (χ0n) is 18.4. The Bertz CT molecular complexity index is 1210. The van der Waals surface area contributed by atoms with Crippen molar-refractivity contribution in [2.24, 2.45) is 0 Å². The fourth-order valence-electron chi connectivity index (χ4n) is 3.47. The highest BCUT2D eigenvalue weighted by Crippen LogP contribution is 2.26. The Kier molecular flexibility index (Phi) is 7.16. The van der Waals surface area contributed by atoms with Gasteiger partial charge in [-0.1, -0.05) is 35.1 Å². The molecule has 1 aromatic carbocycles. The number of benzene rings is 1. The second-order valence-electron chi connectivity index (χ2n) is 7.64. The number of nitrogens with one attached hydrogen (secondary N) is 3. The van der Waals surface area contributed by atoms with Crippen LogP contribution in [-0.2, 0) is 16.1 Å². The molecule has 1 saturated heterocycles. The van der Waals surface area contributed by atoms with Crippen LogP contribution in [0.3, 0.4) is 0 Å². The zero-order valence-corrected chi connectivity index (χ0v) is 20.0. The van der Waals surface area contributed by atoms with Gasteiger partial charge in [-0.25, -0.2) is 4.98 Å². The van der Waals surface area contributed by atoms with Crippen LogP contribution in [0.4, 0.5) is 5.13 Å². The van der Waals surface area contributed by atoms with E-state index in [1.807, 2.05) is 31.2 Å². The Hall–Kier alpha value is -3.09. The molecule has 3 heterocycles. The number of aryl methyl sites for hydroxylation is 2. The number of thiazole rings is 1. The Morgan fingerprint density at radius 3 is 2.79 bits per heavy atom. The topological polar surface area (TPSA) is 117 Å². The Balaban J connectivity index is 1.33. The van der Waals surface area contributed by atoms with E-state index in [0.717, 1.165) is 29.3 Å². The molecule has 3 aromatic rings. The minimum Gasteiger partial charge on any atom is -0.378 e. The normalized spacial score (nSPS) is 13.7. The van der Waals surface area contributed by atoms with Crippen molar-refractivity contribution in [1.82, 2.24) is 30.6 Å². The van der Waals surface area contributed by atoms with Crippen LogP contribution >= 0.6 is 23.6 Å². The van der Waals surface area contributed by atoms with Crippen LogP contribution in [0.15, 0.2) is 24.3 Å². The Morgan fingerprint density at radius 2 is 2.03 bits per heavy atom. The summed E-state index contributed by atoms with van der Waals surface area (Å²) in [5, 5.41) is 7.86. The number of morpholine rings is 1. The van der Waals surface area contributed by atoms with Gasteiger partial charge in [0.15, 0.2) is 15.7 Å². The molecular weight excluding hydrogens is 462 g/mol. The summed E-state index contributed by atoms with van der Waals surface area (Å²) in [5.74, 6) is -0.0630. The van der Waals surface area contributed by atoms with Crippen molar-refractivity contribution in [3.05, 3.63) is 45.2 Å². The van der Waals surface area contributed by atoms with Crippen molar-refractivity contribution < 1.29 is 14.3 Å². The molecule has 33 heavy (non-hydrogen) atoms.